The predicted octanol–water partition coefficient (Wildman–Crippen LogP) is 2.09. The molecule has 0 saturated carbocycles. The van der Waals surface area contributed by atoms with E-state index >= 15 is 0 Å². The number of sulfone groups is 1. The Kier molecular flexibility index (Phi) is 4.12. The van der Waals surface area contributed by atoms with Gasteiger partial charge in [0.05, 0.1) is 17.4 Å². The summed E-state index contributed by atoms with van der Waals surface area (Å²) in [5.74, 6) is -0.354. The summed E-state index contributed by atoms with van der Waals surface area (Å²) < 4.78 is 24.1. The highest BCUT2D eigenvalue weighted by Crippen LogP contribution is 2.20. The SMILES string of the molecule is O=C(NC1C=CS(=O)(=O)C1)c1cc(I)ccc1Br. The van der Waals surface area contributed by atoms with E-state index < -0.39 is 15.9 Å². The van der Waals surface area contributed by atoms with E-state index in [0.717, 1.165) is 8.98 Å². The van der Waals surface area contributed by atoms with Crippen LogP contribution < -0.4 is 5.32 Å². The summed E-state index contributed by atoms with van der Waals surface area (Å²) in [6, 6.07) is 4.96. The van der Waals surface area contributed by atoms with Crippen LogP contribution in [0.3, 0.4) is 0 Å². The van der Waals surface area contributed by atoms with Crippen molar-refractivity contribution in [2.24, 2.45) is 0 Å². The summed E-state index contributed by atoms with van der Waals surface area (Å²) in [4.78, 5) is 12.0. The molecule has 1 heterocycles. The van der Waals surface area contributed by atoms with Gasteiger partial charge in [-0.15, -0.1) is 0 Å². The Balaban J connectivity index is 2.14. The fourth-order valence-electron chi connectivity index (χ4n) is 1.58. The van der Waals surface area contributed by atoms with Gasteiger partial charge in [-0.2, -0.15) is 0 Å². The molecular formula is C11H9BrINO3S. The van der Waals surface area contributed by atoms with Gasteiger partial charge in [0.25, 0.3) is 5.91 Å². The highest BCUT2D eigenvalue weighted by atomic mass is 127. The summed E-state index contributed by atoms with van der Waals surface area (Å²) in [7, 11) is -3.15. The van der Waals surface area contributed by atoms with Crippen LogP contribution in [0.4, 0.5) is 0 Å². The number of rotatable bonds is 2. The molecule has 1 N–H and O–H groups in total. The van der Waals surface area contributed by atoms with Crippen molar-refractivity contribution >= 4 is 54.3 Å². The van der Waals surface area contributed by atoms with Gasteiger partial charge in [0.1, 0.15) is 0 Å². The smallest absolute Gasteiger partial charge is 0.252 e. The Hall–Kier alpha value is -0.410. The van der Waals surface area contributed by atoms with Crippen LogP contribution >= 0.6 is 38.5 Å². The second-order valence-corrected chi connectivity index (χ2v) is 7.89. The van der Waals surface area contributed by atoms with Gasteiger partial charge in [-0.25, -0.2) is 8.42 Å². The quantitative estimate of drug-likeness (QED) is 0.715. The number of halogens is 2. The van der Waals surface area contributed by atoms with E-state index in [9.17, 15) is 13.2 Å². The number of carbonyl (C=O) groups excluding carboxylic acids is 1. The Morgan fingerprint density at radius 2 is 2.17 bits per heavy atom. The van der Waals surface area contributed by atoms with Crippen LogP contribution in [0.15, 0.2) is 34.2 Å². The number of hydrogen-bond donors (Lipinski definition) is 1. The molecule has 2 rings (SSSR count). The van der Waals surface area contributed by atoms with Gasteiger partial charge < -0.3 is 5.32 Å². The van der Waals surface area contributed by atoms with Crippen LogP contribution in [0.5, 0.6) is 0 Å². The molecule has 0 spiro atoms. The second-order valence-electron chi connectivity index (χ2n) is 3.86. The fourth-order valence-corrected chi connectivity index (χ4v) is 3.74. The highest BCUT2D eigenvalue weighted by Gasteiger charge is 2.24. The fraction of sp³-hybridized carbons (Fsp3) is 0.182. The van der Waals surface area contributed by atoms with Gasteiger partial charge >= 0.3 is 0 Å². The summed E-state index contributed by atoms with van der Waals surface area (Å²) in [5, 5.41) is 3.82. The molecule has 96 valence electrons. The standard InChI is InChI=1S/C11H9BrINO3S/c12-10-2-1-7(13)5-9(10)11(15)14-8-3-4-18(16,17)6-8/h1-5,8H,6H2,(H,14,15). The van der Waals surface area contributed by atoms with Gasteiger partial charge in [-0.05, 0) is 62.8 Å². The Labute approximate surface area is 127 Å². The maximum absolute atomic E-state index is 12.0. The van der Waals surface area contributed by atoms with Crippen molar-refractivity contribution in [2.45, 2.75) is 6.04 Å². The average Bonchev–Trinajstić information content (AvgIpc) is 2.61. The molecule has 0 radical (unpaired) electrons. The van der Waals surface area contributed by atoms with Crippen LogP contribution in [0.1, 0.15) is 10.4 Å². The van der Waals surface area contributed by atoms with Crippen molar-refractivity contribution in [3.8, 4) is 0 Å². The first-order valence-corrected chi connectivity index (χ1v) is 8.63. The summed E-state index contributed by atoms with van der Waals surface area (Å²) in [6.45, 7) is 0. The molecule has 1 aliphatic rings. The van der Waals surface area contributed by atoms with Gasteiger partial charge in [-0.1, -0.05) is 0 Å². The van der Waals surface area contributed by atoms with E-state index in [1.807, 2.05) is 6.07 Å². The Bertz CT molecular complexity index is 627. The Morgan fingerprint density at radius 1 is 1.44 bits per heavy atom. The second kappa shape index (κ2) is 5.30. The van der Waals surface area contributed by atoms with Crippen LogP contribution in [0.2, 0.25) is 0 Å². The molecule has 0 saturated heterocycles. The number of nitrogens with one attached hydrogen (secondary N) is 1. The minimum Gasteiger partial charge on any atom is -0.345 e. The topological polar surface area (TPSA) is 63.2 Å². The van der Waals surface area contributed by atoms with Crippen LogP contribution in [-0.2, 0) is 9.84 Å². The molecule has 0 aliphatic carbocycles. The number of benzene rings is 1. The largest absolute Gasteiger partial charge is 0.345 e. The molecular weight excluding hydrogens is 433 g/mol. The van der Waals surface area contributed by atoms with Crippen molar-refractivity contribution in [1.29, 1.82) is 0 Å². The van der Waals surface area contributed by atoms with Crippen molar-refractivity contribution < 1.29 is 13.2 Å². The number of hydrogen-bond acceptors (Lipinski definition) is 3. The molecule has 1 aromatic rings. The summed E-state index contributed by atoms with van der Waals surface area (Å²) in [5.41, 5.74) is 0.500. The van der Waals surface area contributed by atoms with Crippen molar-refractivity contribution in [3.05, 3.63) is 43.3 Å². The van der Waals surface area contributed by atoms with Gasteiger partial charge in [0.15, 0.2) is 9.84 Å². The molecule has 7 heteroatoms. The van der Waals surface area contributed by atoms with E-state index in [-0.39, 0.29) is 11.7 Å². The molecule has 1 amide bonds. The molecule has 4 nitrogen and oxygen atoms in total. The van der Waals surface area contributed by atoms with Crippen molar-refractivity contribution in [2.75, 3.05) is 5.75 Å². The minimum absolute atomic E-state index is 0.0692. The zero-order valence-corrected chi connectivity index (χ0v) is 13.6. The van der Waals surface area contributed by atoms with Gasteiger partial charge in [0, 0.05) is 13.5 Å². The van der Waals surface area contributed by atoms with Crippen molar-refractivity contribution in [1.82, 2.24) is 5.32 Å². The molecule has 0 bridgehead atoms. The van der Waals surface area contributed by atoms with E-state index in [1.165, 1.54) is 6.08 Å². The van der Waals surface area contributed by atoms with E-state index in [0.29, 0.717) is 10.0 Å². The van der Waals surface area contributed by atoms with Crippen LogP contribution in [-0.4, -0.2) is 26.1 Å². The molecule has 0 fully saturated rings. The van der Waals surface area contributed by atoms with Crippen LogP contribution in [0, 0.1) is 3.57 Å². The van der Waals surface area contributed by atoms with Gasteiger partial charge in [0.2, 0.25) is 0 Å². The summed E-state index contributed by atoms with van der Waals surface area (Å²) >= 11 is 5.42. The lowest BCUT2D eigenvalue weighted by Gasteiger charge is -2.11. The zero-order valence-electron chi connectivity index (χ0n) is 9.06. The lowest BCUT2D eigenvalue weighted by molar-refractivity contribution is 0.0947. The van der Waals surface area contributed by atoms with Gasteiger partial charge in [-0.3, -0.25) is 4.79 Å². The maximum Gasteiger partial charge on any atom is 0.252 e. The lowest BCUT2D eigenvalue weighted by Crippen LogP contribution is -2.35. The van der Waals surface area contributed by atoms with Crippen molar-refractivity contribution in [3.63, 3.8) is 0 Å². The molecule has 0 aromatic heterocycles. The summed E-state index contributed by atoms with van der Waals surface area (Å²) in [6.07, 6.45) is 1.50. The third-order valence-corrected chi connectivity index (χ3v) is 5.18. The van der Waals surface area contributed by atoms with E-state index in [4.69, 9.17) is 0 Å². The first kappa shape index (κ1) is 14.0. The average molecular weight is 442 g/mol. The van der Waals surface area contributed by atoms with E-state index in [2.05, 4.69) is 43.8 Å². The third kappa shape index (κ3) is 3.33. The predicted molar refractivity (Wildman–Crippen MR) is 81.0 cm³/mol. The molecule has 1 unspecified atom stereocenters. The molecule has 18 heavy (non-hydrogen) atoms. The van der Waals surface area contributed by atoms with E-state index in [1.54, 1.807) is 12.1 Å². The monoisotopic (exact) mass is 441 g/mol. The normalized spacial score (nSPS) is 20.9. The first-order chi connectivity index (χ1) is 8.37. The lowest BCUT2D eigenvalue weighted by atomic mass is 10.2. The third-order valence-electron chi connectivity index (χ3n) is 2.42. The Morgan fingerprint density at radius 3 is 2.78 bits per heavy atom. The highest BCUT2D eigenvalue weighted by molar-refractivity contribution is 14.1. The number of amides is 1. The minimum atomic E-state index is -3.15. The first-order valence-electron chi connectivity index (χ1n) is 5.04. The molecule has 1 aliphatic heterocycles. The number of carbonyl (C=O) groups is 1. The maximum atomic E-state index is 12.0. The molecule has 1 aromatic carbocycles. The zero-order chi connectivity index (χ0) is 13.3. The molecule has 1 atom stereocenters. The van der Waals surface area contributed by atoms with Crippen LogP contribution in [0.25, 0.3) is 0 Å².